The van der Waals surface area contributed by atoms with Gasteiger partial charge >= 0.3 is 0 Å². The van der Waals surface area contributed by atoms with E-state index in [9.17, 15) is 9.59 Å². The number of carbonyl (C=O) groups excluding carboxylic acids is 2. The highest BCUT2D eigenvalue weighted by atomic mass is 16.2. The molecular weight excluding hydrogens is 290 g/mol. The molecule has 5 nitrogen and oxygen atoms in total. The van der Waals surface area contributed by atoms with Crippen molar-refractivity contribution in [2.24, 2.45) is 5.41 Å². The number of amides is 2. The Balaban J connectivity index is 1.96. The van der Waals surface area contributed by atoms with Crippen LogP contribution in [0.2, 0.25) is 0 Å². The van der Waals surface area contributed by atoms with E-state index in [0.29, 0.717) is 13.0 Å². The molecule has 5 heteroatoms. The first-order chi connectivity index (χ1) is 10.8. The van der Waals surface area contributed by atoms with Gasteiger partial charge in [-0.1, -0.05) is 12.1 Å². The van der Waals surface area contributed by atoms with Gasteiger partial charge in [0.15, 0.2) is 0 Å². The molecule has 1 atom stereocenters. The van der Waals surface area contributed by atoms with Crippen LogP contribution in [0.1, 0.15) is 45.2 Å². The van der Waals surface area contributed by atoms with Gasteiger partial charge in [0.2, 0.25) is 11.8 Å². The van der Waals surface area contributed by atoms with Gasteiger partial charge in [0.1, 0.15) is 0 Å². The van der Waals surface area contributed by atoms with Crippen LogP contribution in [-0.4, -0.2) is 32.0 Å². The third-order valence-electron chi connectivity index (χ3n) is 4.47. The normalized spacial score (nSPS) is 16.5. The fourth-order valence-corrected chi connectivity index (χ4v) is 2.81. The third kappa shape index (κ3) is 4.10. The maximum absolute atomic E-state index is 11.8. The molecule has 1 saturated heterocycles. The summed E-state index contributed by atoms with van der Waals surface area (Å²) in [5, 5.41) is 6.11. The van der Waals surface area contributed by atoms with Crippen LogP contribution in [0.5, 0.6) is 0 Å². The van der Waals surface area contributed by atoms with E-state index in [1.807, 2.05) is 43.0 Å². The molecule has 1 aliphatic heterocycles. The van der Waals surface area contributed by atoms with E-state index in [1.165, 1.54) is 0 Å². The van der Waals surface area contributed by atoms with Crippen molar-refractivity contribution in [3.63, 3.8) is 0 Å². The predicted octanol–water partition coefficient (Wildman–Crippen LogP) is 2.24. The van der Waals surface area contributed by atoms with Crippen molar-refractivity contribution >= 4 is 17.5 Å². The summed E-state index contributed by atoms with van der Waals surface area (Å²) in [6.45, 7) is 7.34. The lowest BCUT2D eigenvalue weighted by Crippen LogP contribution is -2.42. The molecule has 0 saturated carbocycles. The Kier molecular flexibility index (Phi) is 5.42. The van der Waals surface area contributed by atoms with Crippen LogP contribution in [0.4, 0.5) is 5.69 Å². The molecule has 1 aliphatic rings. The SMILES string of the molecule is CNC(=O)C(C)(C)CNC(C)c1ccc(N2CCCC2=O)cc1. The zero-order chi connectivity index (χ0) is 17.0. The smallest absolute Gasteiger partial charge is 0.227 e. The van der Waals surface area contributed by atoms with Gasteiger partial charge in [0, 0.05) is 38.3 Å². The number of carbonyl (C=O) groups is 2. The Bertz CT molecular complexity index is 566. The fraction of sp³-hybridized carbons (Fsp3) is 0.556. The minimum atomic E-state index is -0.453. The maximum atomic E-state index is 11.8. The van der Waals surface area contributed by atoms with Crippen LogP contribution < -0.4 is 15.5 Å². The lowest BCUT2D eigenvalue weighted by atomic mass is 9.91. The summed E-state index contributed by atoms with van der Waals surface area (Å²) in [5.41, 5.74) is 1.66. The van der Waals surface area contributed by atoms with E-state index >= 15 is 0 Å². The molecule has 0 radical (unpaired) electrons. The van der Waals surface area contributed by atoms with Gasteiger partial charge in [-0.15, -0.1) is 0 Å². The number of benzene rings is 1. The summed E-state index contributed by atoms with van der Waals surface area (Å²) < 4.78 is 0. The van der Waals surface area contributed by atoms with Gasteiger partial charge in [-0.25, -0.2) is 0 Å². The standard InChI is InChI=1S/C18H27N3O2/c1-13(20-12-18(2,3)17(23)19-4)14-7-9-15(10-8-14)21-11-5-6-16(21)22/h7-10,13,20H,5-6,11-12H2,1-4H3,(H,19,23). The Morgan fingerprint density at radius 1 is 1.30 bits per heavy atom. The highest BCUT2D eigenvalue weighted by Gasteiger charge is 2.27. The molecule has 1 unspecified atom stereocenters. The van der Waals surface area contributed by atoms with E-state index in [4.69, 9.17) is 0 Å². The topological polar surface area (TPSA) is 61.4 Å². The molecule has 2 rings (SSSR count). The van der Waals surface area contributed by atoms with E-state index in [2.05, 4.69) is 17.6 Å². The summed E-state index contributed by atoms with van der Waals surface area (Å²) in [6, 6.07) is 8.24. The first-order valence-electron chi connectivity index (χ1n) is 8.21. The molecule has 126 valence electrons. The Morgan fingerprint density at radius 2 is 1.96 bits per heavy atom. The van der Waals surface area contributed by atoms with Crippen molar-refractivity contribution in [3.8, 4) is 0 Å². The molecule has 0 aliphatic carbocycles. The average Bonchev–Trinajstić information content (AvgIpc) is 2.98. The molecule has 1 aromatic carbocycles. The number of anilines is 1. The number of hydrogen-bond donors (Lipinski definition) is 2. The molecule has 1 heterocycles. The molecule has 2 N–H and O–H groups in total. The highest BCUT2D eigenvalue weighted by Crippen LogP contribution is 2.24. The van der Waals surface area contributed by atoms with Gasteiger partial charge in [0.05, 0.1) is 5.41 Å². The summed E-state index contributed by atoms with van der Waals surface area (Å²) in [4.78, 5) is 25.4. The lowest BCUT2D eigenvalue weighted by Gasteiger charge is -2.26. The van der Waals surface area contributed by atoms with Gasteiger partial charge in [-0.2, -0.15) is 0 Å². The van der Waals surface area contributed by atoms with Crippen molar-refractivity contribution < 1.29 is 9.59 Å². The largest absolute Gasteiger partial charge is 0.359 e. The number of rotatable bonds is 6. The first-order valence-corrected chi connectivity index (χ1v) is 8.21. The Labute approximate surface area is 138 Å². The van der Waals surface area contributed by atoms with Crippen molar-refractivity contribution in [2.45, 2.75) is 39.7 Å². The van der Waals surface area contributed by atoms with Crippen LogP contribution in [0, 0.1) is 5.41 Å². The summed E-state index contributed by atoms with van der Waals surface area (Å²) >= 11 is 0. The number of hydrogen-bond acceptors (Lipinski definition) is 3. The van der Waals surface area contributed by atoms with Crippen LogP contribution in [0.25, 0.3) is 0 Å². The number of nitrogens with one attached hydrogen (secondary N) is 2. The van der Waals surface area contributed by atoms with E-state index in [1.54, 1.807) is 7.05 Å². The van der Waals surface area contributed by atoms with Gasteiger partial charge in [0.25, 0.3) is 0 Å². The molecule has 2 amide bonds. The Morgan fingerprint density at radius 3 is 2.48 bits per heavy atom. The zero-order valence-corrected chi connectivity index (χ0v) is 14.5. The molecule has 1 fully saturated rings. The second-order valence-corrected chi connectivity index (χ2v) is 6.81. The van der Waals surface area contributed by atoms with Crippen molar-refractivity contribution in [1.29, 1.82) is 0 Å². The molecule has 0 bridgehead atoms. The molecule has 23 heavy (non-hydrogen) atoms. The number of nitrogens with zero attached hydrogens (tertiary/aromatic N) is 1. The van der Waals surface area contributed by atoms with Crippen molar-refractivity contribution in [3.05, 3.63) is 29.8 Å². The van der Waals surface area contributed by atoms with Crippen LogP contribution in [0.15, 0.2) is 24.3 Å². The van der Waals surface area contributed by atoms with Gasteiger partial charge < -0.3 is 15.5 Å². The third-order valence-corrected chi connectivity index (χ3v) is 4.47. The molecule has 0 aromatic heterocycles. The van der Waals surface area contributed by atoms with Crippen LogP contribution >= 0.6 is 0 Å². The second kappa shape index (κ2) is 7.13. The minimum absolute atomic E-state index is 0.0279. The molecule has 0 spiro atoms. The van der Waals surface area contributed by atoms with E-state index in [0.717, 1.165) is 24.2 Å². The quantitative estimate of drug-likeness (QED) is 0.846. The summed E-state index contributed by atoms with van der Waals surface area (Å²) in [6.07, 6.45) is 1.58. The van der Waals surface area contributed by atoms with E-state index < -0.39 is 5.41 Å². The molecular formula is C18H27N3O2. The van der Waals surface area contributed by atoms with E-state index in [-0.39, 0.29) is 17.9 Å². The maximum Gasteiger partial charge on any atom is 0.227 e. The van der Waals surface area contributed by atoms with Crippen molar-refractivity contribution in [1.82, 2.24) is 10.6 Å². The van der Waals surface area contributed by atoms with Crippen molar-refractivity contribution in [2.75, 3.05) is 25.0 Å². The second-order valence-electron chi connectivity index (χ2n) is 6.81. The minimum Gasteiger partial charge on any atom is -0.359 e. The molecule has 1 aromatic rings. The monoisotopic (exact) mass is 317 g/mol. The van der Waals surface area contributed by atoms with Gasteiger partial charge in [-0.05, 0) is 44.9 Å². The lowest BCUT2D eigenvalue weighted by molar-refractivity contribution is -0.128. The van der Waals surface area contributed by atoms with Crippen LogP contribution in [0.3, 0.4) is 0 Å². The zero-order valence-electron chi connectivity index (χ0n) is 14.5. The van der Waals surface area contributed by atoms with Crippen LogP contribution in [-0.2, 0) is 9.59 Å². The predicted molar refractivity (Wildman–Crippen MR) is 92.3 cm³/mol. The van der Waals surface area contributed by atoms with Gasteiger partial charge in [-0.3, -0.25) is 9.59 Å². The summed E-state index contributed by atoms with van der Waals surface area (Å²) in [7, 11) is 1.66. The first kappa shape index (κ1) is 17.5. The highest BCUT2D eigenvalue weighted by molar-refractivity contribution is 5.95. The fourth-order valence-electron chi connectivity index (χ4n) is 2.81. The average molecular weight is 317 g/mol. The summed E-state index contributed by atoms with van der Waals surface area (Å²) in [5.74, 6) is 0.233. The Hall–Kier alpha value is -1.88.